The van der Waals surface area contributed by atoms with Gasteiger partial charge < -0.3 is 30.1 Å². The zero-order valence-electron chi connectivity index (χ0n) is 24.6. The number of amides is 2. The SMILES string of the molecule is C=CC1=C(/C=c2\[nH]c(=CC3=N/C(=C\C4=[NH+]C(=O)C(C)=C4CCC(=O)[O-])C(CCC(=O)[O-])=C3C)c(C=C)c2C)NC(=O)C1C. The number of carbonyl (C=O) groups excluding carboxylic acids is 4. The summed E-state index contributed by atoms with van der Waals surface area (Å²) in [4.78, 5) is 58.0. The summed E-state index contributed by atoms with van der Waals surface area (Å²) in [5, 5.41) is 26.8. The van der Waals surface area contributed by atoms with Crippen molar-refractivity contribution in [3.63, 3.8) is 0 Å². The van der Waals surface area contributed by atoms with Gasteiger partial charge in [0.15, 0.2) is 0 Å². The van der Waals surface area contributed by atoms with Crippen LogP contribution < -0.4 is 31.2 Å². The number of aliphatic imine (C=N–C) groups is 1. The van der Waals surface area contributed by atoms with Crippen LogP contribution in [0.4, 0.5) is 0 Å². The summed E-state index contributed by atoms with van der Waals surface area (Å²) in [6.07, 6.45) is 8.48. The molecule has 4 heterocycles. The van der Waals surface area contributed by atoms with E-state index in [0.29, 0.717) is 44.9 Å². The van der Waals surface area contributed by atoms with Crippen LogP contribution in [0, 0.1) is 12.8 Å². The molecule has 0 aliphatic carbocycles. The first-order valence-electron chi connectivity index (χ1n) is 13.9. The summed E-state index contributed by atoms with van der Waals surface area (Å²) in [5.41, 5.74) is 7.01. The molecule has 3 N–H and O–H groups in total. The molecule has 1 aromatic heterocycles. The molecule has 3 aliphatic rings. The molecule has 0 radical (unpaired) electrons. The highest BCUT2D eigenvalue weighted by molar-refractivity contribution is 6.24. The smallest absolute Gasteiger partial charge is 0.414 e. The number of carboxylic acid groups (broad SMARTS) is 2. The zero-order valence-corrected chi connectivity index (χ0v) is 24.6. The third-order valence-corrected chi connectivity index (χ3v) is 7.98. The minimum Gasteiger partial charge on any atom is -0.550 e. The number of aromatic amines is 1. The number of hydrogen-bond acceptors (Lipinski definition) is 7. The van der Waals surface area contributed by atoms with Gasteiger partial charge in [-0.25, -0.2) is 9.79 Å². The normalized spacial score (nSPS) is 20.5. The Morgan fingerprint density at radius 1 is 0.930 bits per heavy atom. The van der Waals surface area contributed by atoms with Crippen LogP contribution in [0.2, 0.25) is 0 Å². The molecular weight excluding hydrogens is 548 g/mol. The van der Waals surface area contributed by atoms with Crippen LogP contribution in [0.25, 0.3) is 18.2 Å². The summed E-state index contributed by atoms with van der Waals surface area (Å²) >= 11 is 0. The lowest BCUT2D eigenvalue weighted by atomic mass is 9.97. The number of hydrogen-bond donors (Lipinski definition) is 3. The fourth-order valence-corrected chi connectivity index (χ4v) is 5.42. The lowest BCUT2D eigenvalue weighted by molar-refractivity contribution is -0.367. The minimum atomic E-state index is -1.23. The Kier molecular flexibility index (Phi) is 8.89. The highest BCUT2D eigenvalue weighted by Crippen LogP contribution is 2.31. The van der Waals surface area contributed by atoms with Crippen LogP contribution in [0.1, 0.15) is 57.6 Å². The van der Waals surface area contributed by atoms with Gasteiger partial charge in [-0.2, -0.15) is 4.99 Å². The Labute approximate surface area is 248 Å². The molecule has 1 unspecified atom stereocenters. The van der Waals surface area contributed by atoms with Crippen LogP contribution >= 0.6 is 0 Å². The quantitative estimate of drug-likeness (QED) is 0.297. The van der Waals surface area contributed by atoms with Gasteiger partial charge in [-0.1, -0.05) is 25.3 Å². The topological polar surface area (TPSA) is 169 Å². The molecule has 10 nitrogen and oxygen atoms in total. The fraction of sp³-hybridized carbons (Fsp3) is 0.273. The van der Waals surface area contributed by atoms with Gasteiger partial charge in [0.2, 0.25) is 11.6 Å². The monoisotopic (exact) mass is 581 g/mol. The predicted octanol–water partition coefficient (Wildman–Crippen LogP) is -1.17. The summed E-state index contributed by atoms with van der Waals surface area (Å²) in [5.74, 6) is -3.19. The van der Waals surface area contributed by atoms with E-state index in [4.69, 9.17) is 4.99 Å². The van der Waals surface area contributed by atoms with E-state index in [0.717, 1.165) is 27.6 Å². The van der Waals surface area contributed by atoms with Crippen LogP contribution in [0.15, 0.2) is 69.6 Å². The summed E-state index contributed by atoms with van der Waals surface area (Å²) in [6.45, 7) is 15.0. The molecule has 0 saturated heterocycles. The fourth-order valence-electron chi connectivity index (χ4n) is 5.42. The van der Waals surface area contributed by atoms with Crippen LogP contribution in [-0.4, -0.2) is 40.2 Å². The first-order chi connectivity index (χ1) is 20.4. The van der Waals surface area contributed by atoms with Crippen molar-refractivity contribution in [2.45, 2.75) is 53.4 Å². The second kappa shape index (κ2) is 12.4. The average molecular weight is 582 g/mol. The van der Waals surface area contributed by atoms with Crippen LogP contribution in [-0.2, 0) is 19.2 Å². The molecule has 0 saturated carbocycles. The van der Waals surface area contributed by atoms with Crippen molar-refractivity contribution in [1.29, 1.82) is 0 Å². The second-order valence-corrected chi connectivity index (χ2v) is 10.6. The maximum absolute atomic E-state index is 12.4. The van der Waals surface area contributed by atoms with Crippen molar-refractivity contribution in [2.24, 2.45) is 10.9 Å². The van der Waals surface area contributed by atoms with E-state index in [2.05, 4.69) is 28.5 Å². The minimum absolute atomic E-state index is 0.0960. The molecule has 3 aliphatic heterocycles. The standard InChI is InChI=1S/C33H34N4O6/c1-7-20-16(3)24(14-27-21(8-2)18(5)32(42)36-27)34-26(20)13-25-17(4)22(9-11-30(38)39)28(35-25)15-29-23(10-12-31(40)41)19(6)33(43)37-29/h7-8,13-15,18,34H,1-2,9-12H2,3-6H3,(H,36,42)(H,38,39)(H,40,41)/p-1/b24-14-,26-13?,28-15-. The number of aromatic nitrogens is 1. The summed E-state index contributed by atoms with van der Waals surface area (Å²) in [7, 11) is 0. The number of rotatable bonds is 11. The number of nitrogens with one attached hydrogen (secondary N) is 3. The van der Waals surface area contributed by atoms with Gasteiger partial charge in [0.05, 0.1) is 22.9 Å². The molecule has 0 bridgehead atoms. The number of carboxylic acids is 2. The van der Waals surface area contributed by atoms with E-state index in [-0.39, 0.29) is 43.4 Å². The van der Waals surface area contributed by atoms with Gasteiger partial charge in [0.1, 0.15) is 0 Å². The van der Waals surface area contributed by atoms with Crippen LogP contribution in [0.3, 0.4) is 0 Å². The van der Waals surface area contributed by atoms with Gasteiger partial charge in [-0.15, -0.1) is 0 Å². The lowest BCUT2D eigenvalue weighted by Crippen LogP contribution is -2.74. The van der Waals surface area contributed by atoms with Gasteiger partial charge in [-0.05, 0) is 87.8 Å². The first-order valence-corrected chi connectivity index (χ1v) is 13.9. The average Bonchev–Trinajstić information content (AvgIpc) is 3.59. The summed E-state index contributed by atoms with van der Waals surface area (Å²) < 4.78 is 0. The van der Waals surface area contributed by atoms with E-state index in [1.807, 2.05) is 32.9 Å². The predicted molar refractivity (Wildman–Crippen MR) is 159 cm³/mol. The molecule has 4 rings (SSSR count). The van der Waals surface area contributed by atoms with Crippen molar-refractivity contribution >= 4 is 53.4 Å². The highest BCUT2D eigenvalue weighted by atomic mass is 16.4. The van der Waals surface area contributed by atoms with Gasteiger partial charge in [0, 0.05) is 45.5 Å². The van der Waals surface area contributed by atoms with E-state index >= 15 is 0 Å². The Morgan fingerprint density at radius 2 is 1.58 bits per heavy atom. The molecule has 2 amide bonds. The number of aliphatic carboxylic acids is 2. The molecule has 10 heteroatoms. The maximum atomic E-state index is 12.4. The number of H-pyrrole nitrogens is 1. The molecule has 0 fully saturated rings. The zero-order chi connectivity index (χ0) is 31.6. The van der Waals surface area contributed by atoms with Gasteiger partial charge in [0.25, 0.3) is 0 Å². The second-order valence-electron chi connectivity index (χ2n) is 10.6. The maximum Gasteiger partial charge on any atom is 0.414 e. The highest BCUT2D eigenvalue weighted by Gasteiger charge is 2.31. The Balaban J connectivity index is 1.83. The van der Waals surface area contributed by atoms with E-state index < -0.39 is 11.9 Å². The first kappa shape index (κ1) is 30.8. The molecule has 0 aromatic carbocycles. The lowest BCUT2D eigenvalue weighted by Gasteiger charge is -2.07. The van der Waals surface area contributed by atoms with E-state index in [9.17, 15) is 29.4 Å². The third kappa shape index (κ3) is 6.23. The summed E-state index contributed by atoms with van der Waals surface area (Å²) in [6, 6.07) is 0. The molecule has 43 heavy (non-hydrogen) atoms. The van der Waals surface area contributed by atoms with Gasteiger partial charge in [-0.3, -0.25) is 4.79 Å². The number of carbonyl (C=O) groups is 4. The van der Waals surface area contributed by atoms with E-state index in [1.165, 1.54) is 0 Å². The van der Waals surface area contributed by atoms with Crippen LogP contribution in [0.5, 0.6) is 0 Å². The molecule has 222 valence electrons. The Bertz CT molecular complexity index is 1810. The van der Waals surface area contributed by atoms with E-state index in [1.54, 1.807) is 25.2 Å². The van der Waals surface area contributed by atoms with Crippen molar-refractivity contribution in [2.75, 3.05) is 0 Å². The molecule has 0 spiro atoms. The molecule has 1 aromatic rings. The van der Waals surface area contributed by atoms with Gasteiger partial charge >= 0.3 is 5.91 Å². The Morgan fingerprint density at radius 3 is 2.19 bits per heavy atom. The molecular formula is C33H33N4O6-. The number of nitrogens with zero attached hydrogens (tertiary/aromatic N) is 1. The molecule has 1 atom stereocenters. The number of allylic oxidation sites excluding steroid dienone is 6. The van der Waals surface area contributed by atoms with Crippen molar-refractivity contribution < 1.29 is 34.4 Å². The third-order valence-electron chi connectivity index (χ3n) is 7.98. The van der Waals surface area contributed by atoms with Crippen molar-refractivity contribution in [3.8, 4) is 0 Å². The van der Waals surface area contributed by atoms with Crippen molar-refractivity contribution in [3.05, 3.63) is 86.4 Å². The van der Waals surface area contributed by atoms with Crippen molar-refractivity contribution in [1.82, 2.24) is 10.3 Å². The largest absolute Gasteiger partial charge is 0.550 e. The Hall–Kier alpha value is -5.12.